The number of rotatable bonds is 38. The Kier molecular flexibility index (Phi) is 35.2. The first-order valence-electron chi connectivity index (χ1n) is 23.6. The van der Waals surface area contributed by atoms with Gasteiger partial charge in [0.2, 0.25) is 0 Å². The van der Waals surface area contributed by atoms with Gasteiger partial charge in [0.05, 0.1) is 6.61 Å². The summed E-state index contributed by atoms with van der Waals surface area (Å²) in [5.74, 6) is -1.15. The molecule has 62 heavy (non-hydrogen) atoms. The molecule has 13 nitrogen and oxygen atoms in total. The van der Waals surface area contributed by atoms with Gasteiger partial charge in [0.25, 0.3) is 0 Å². The molecule has 0 spiro atoms. The van der Waals surface area contributed by atoms with Crippen molar-refractivity contribution in [1.29, 1.82) is 0 Å². The third kappa shape index (κ3) is 29.8. The minimum absolute atomic E-state index is 0.0771. The highest BCUT2D eigenvalue weighted by Gasteiger charge is 2.51. The Balaban J connectivity index is 2.48. The zero-order valence-corrected chi connectivity index (χ0v) is 38.8. The molecule has 0 bridgehead atoms. The Morgan fingerprint density at radius 2 is 0.871 bits per heavy atom. The molecule has 0 heterocycles. The normalized spacial score (nSPS) is 22.4. The molecule has 0 amide bonds. The maximum absolute atomic E-state index is 12.8. The number of phosphoric ester groups is 1. The molecular formula is C48H83O13P. The van der Waals surface area contributed by atoms with Crippen LogP contribution in [0.5, 0.6) is 0 Å². The van der Waals surface area contributed by atoms with Gasteiger partial charge >= 0.3 is 19.8 Å². The highest BCUT2D eigenvalue weighted by molar-refractivity contribution is 7.47. The zero-order chi connectivity index (χ0) is 45.7. The van der Waals surface area contributed by atoms with Crippen molar-refractivity contribution in [2.75, 3.05) is 13.2 Å². The van der Waals surface area contributed by atoms with Gasteiger partial charge in [-0.05, 0) is 83.5 Å². The number of hydrogen-bond acceptors (Lipinski definition) is 12. The highest BCUT2D eigenvalue weighted by atomic mass is 31.2. The first-order valence-corrected chi connectivity index (χ1v) is 25.1. The van der Waals surface area contributed by atoms with Crippen LogP contribution in [-0.2, 0) is 32.7 Å². The second-order valence-corrected chi connectivity index (χ2v) is 17.7. The van der Waals surface area contributed by atoms with Gasteiger partial charge in [-0.25, -0.2) is 4.57 Å². The SMILES string of the molecule is CCCCC/C=C/C/C=C/C/C=C/C/C=C/CCCCCC(=O)OC[C@@H](COP(=O)(O)OC1C(O)C(O)C(O)[C@H](O)C1O)OC(=O)CCCCCCC/C=C/CCCCCCC. The van der Waals surface area contributed by atoms with Gasteiger partial charge in [-0.15, -0.1) is 0 Å². The van der Waals surface area contributed by atoms with E-state index in [0.29, 0.717) is 12.8 Å². The van der Waals surface area contributed by atoms with E-state index < -0.39 is 75.7 Å². The largest absolute Gasteiger partial charge is 0.472 e. The van der Waals surface area contributed by atoms with Gasteiger partial charge in [-0.3, -0.25) is 18.6 Å². The lowest BCUT2D eigenvalue weighted by molar-refractivity contribution is -0.220. The van der Waals surface area contributed by atoms with Gasteiger partial charge in [0.15, 0.2) is 6.10 Å². The molecule has 8 atom stereocenters. The van der Waals surface area contributed by atoms with Gasteiger partial charge < -0.3 is 39.9 Å². The summed E-state index contributed by atoms with van der Waals surface area (Å²) in [5, 5.41) is 50.1. The lowest BCUT2D eigenvalue weighted by Gasteiger charge is -2.41. The number of allylic oxidation sites excluding steroid dienone is 10. The van der Waals surface area contributed by atoms with E-state index in [2.05, 4.69) is 74.6 Å². The average molecular weight is 899 g/mol. The molecule has 6 N–H and O–H groups in total. The molecule has 1 rings (SSSR count). The molecule has 0 aliphatic heterocycles. The summed E-state index contributed by atoms with van der Waals surface area (Å²) in [5.41, 5.74) is 0. The lowest BCUT2D eigenvalue weighted by atomic mass is 9.85. The molecule has 0 aromatic carbocycles. The first-order chi connectivity index (χ1) is 29.9. The van der Waals surface area contributed by atoms with Crippen molar-refractivity contribution in [3.63, 3.8) is 0 Å². The van der Waals surface area contributed by atoms with Crippen LogP contribution in [0.2, 0.25) is 0 Å². The van der Waals surface area contributed by atoms with E-state index in [0.717, 1.165) is 83.5 Å². The molecular weight excluding hydrogens is 815 g/mol. The van der Waals surface area contributed by atoms with Crippen LogP contribution in [0.1, 0.15) is 174 Å². The number of carbonyl (C=O) groups excluding carboxylic acids is 2. The Labute approximate surface area is 373 Å². The number of phosphoric acid groups is 1. The van der Waals surface area contributed by atoms with E-state index in [1.807, 2.05) is 0 Å². The fourth-order valence-corrected chi connectivity index (χ4v) is 7.71. The van der Waals surface area contributed by atoms with E-state index >= 15 is 0 Å². The van der Waals surface area contributed by atoms with Crippen molar-refractivity contribution in [2.24, 2.45) is 0 Å². The fourth-order valence-electron chi connectivity index (χ4n) is 6.73. The number of esters is 2. The van der Waals surface area contributed by atoms with Crippen LogP contribution in [-0.4, -0.2) is 98.3 Å². The molecule has 358 valence electrons. The second kappa shape index (κ2) is 37.9. The predicted molar refractivity (Wildman–Crippen MR) is 244 cm³/mol. The molecule has 1 aliphatic rings. The third-order valence-electron chi connectivity index (χ3n) is 10.6. The fraction of sp³-hybridized carbons (Fsp3) is 0.750. The lowest BCUT2D eigenvalue weighted by Crippen LogP contribution is -2.64. The molecule has 0 saturated heterocycles. The molecule has 1 saturated carbocycles. The summed E-state index contributed by atoms with van der Waals surface area (Å²) in [6.45, 7) is 3.22. The average Bonchev–Trinajstić information content (AvgIpc) is 3.25. The Bertz CT molecular complexity index is 1320. The van der Waals surface area contributed by atoms with Gasteiger partial charge in [0.1, 0.15) is 43.2 Å². The molecule has 0 aromatic rings. The van der Waals surface area contributed by atoms with Crippen LogP contribution in [0.25, 0.3) is 0 Å². The summed E-state index contributed by atoms with van der Waals surface area (Å²) < 4.78 is 33.5. The Hall–Kier alpha value is -2.45. The second-order valence-electron chi connectivity index (χ2n) is 16.3. The van der Waals surface area contributed by atoms with E-state index in [1.165, 1.54) is 51.4 Å². The van der Waals surface area contributed by atoms with E-state index in [1.54, 1.807) is 0 Å². The Morgan fingerprint density at radius 3 is 1.39 bits per heavy atom. The Morgan fingerprint density at radius 1 is 0.500 bits per heavy atom. The summed E-state index contributed by atoms with van der Waals surface area (Å²) in [7, 11) is -5.13. The van der Waals surface area contributed by atoms with Crippen molar-refractivity contribution in [1.82, 2.24) is 0 Å². The van der Waals surface area contributed by atoms with E-state index in [9.17, 15) is 44.6 Å². The van der Waals surface area contributed by atoms with Gasteiger partial charge in [-0.2, -0.15) is 0 Å². The van der Waals surface area contributed by atoms with E-state index in [4.69, 9.17) is 18.5 Å². The summed E-state index contributed by atoms with van der Waals surface area (Å²) >= 11 is 0. The molecule has 1 fully saturated rings. The number of unbranched alkanes of at least 4 members (excludes halogenated alkanes) is 16. The van der Waals surface area contributed by atoms with Crippen molar-refractivity contribution in [3.8, 4) is 0 Å². The topological polar surface area (TPSA) is 210 Å². The van der Waals surface area contributed by atoms with Crippen LogP contribution in [0, 0.1) is 0 Å². The van der Waals surface area contributed by atoms with Crippen molar-refractivity contribution in [3.05, 3.63) is 60.8 Å². The first kappa shape index (κ1) is 57.6. The summed E-state index contributed by atoms with van der Waals surface area (Å²) in [6.07, 6.45) is 32.7. The minimum atomic E-state index is -5.13. The molecule has 0 aromatic heterocycles. The molecule has 14 heteroatoms. The number of hydrogen-bond donors (Lipinski definition) is 6. The monoisotopic (exact) mass is 899 g/mol. The number of aliphatic hydroxyl groups excluding tert-OH is 5. The predicted octanol–water partition coefficient (Wildman–Crippen LogP) is 9.34. The molecule has 0 radical (unpaired) electrons. The quantitative estimate of drug-likeness (QED) is 0.0148. The van der Waals surface area contributed by atoms with Gasteiger partial charge in [0, 0.05) is 12.8 Å². The number of aliphatic hydroxyl groups is 5. The van der Waals surface area contributed by atoms with Crippen molar-refractivity contribution >= 4 is 19.8 Å². The van der Waals surface area contributed by atoms with Crippen LogP contribution in [0.15, 0.2) is 60.8 Å². The summed E-state index contributed by atoms with van der Waals surface area (Å²) in [4.78, 5) is 35.7. The number of ether oxygens (including phenoxy) is 2. The minimum Gasteiger partial charge on any atom is -0.462 e. The van der Waals surface area contributed by atoms with Crippen LogP contribution >= 0.6 is 7.82 Å². The summed E-state index contributed by atoms with van der Waals surface area (Å²) in [6, 6.07) is 0. The van der Waals surface area contributed by atoms with Crippen LogP contribution in [0.4, 0.5) is 0 Å². The number of carbonyl (C=O) groups is 2. The smallest absolute Gasteiger partial charge is 0.462 e. The van der Waals surface area contributed by atoms with Gasteiger partial charge in [-0.1, -0.05) is 139 Å². The third-order valence-corrected chi connectivity index (χ3v) is 11.6. The maximum atomic E-state index is 12.8. The van der Waals surface area contributed by atoms with Crippen molar-refractivity contribution < 1.29 is 63.1 Å². The zero-order valence-electron chi connectivity index (χ0n) is 37.9. The molecule has 6 unspecified atom stereocenters. The standard InChI is InChI=1S/C48H83O13P/c1-3-5-7-9-11-13-15-17-19-20-21-22-23-25-26-28-30-32-34-36-41(49)58-38-40(39-59-62(56,57)61-48-46(54)44(52)43(51)45(53)47(48)55)60-42(50)37-35-33-31-29-27-24-18-16-14-12-10-8-6-4-2/h11,13,16-19,21-22,25-26,40,43-48,51-55H,3-10,12,14-15,20,23-24,27-39H2,1-2H3,(H,56,57)/b13-11+,18-16+,19-17+,22-21+,26-25+/t40-,43?,44-,45?,46?,47?,48?/m0/s1. The highest BCUT2D eigenvalue weighted by Crippen LogP contribution is 2.47. The molecule has 1 aliphatic carbocycles. The van der Waals surface area contributed by atoms with Crippen LogP contribution < -0.4 is 0 Å². The van der Waals surface area contributed by atoms with Crippen LogP contribution in [0.3, 0.4) is 0 Å². The maximum Gasteiger partial charge on any atom is 0.472 e. The van der Waals surface area contributed by atoms with Crippen molar-refractivity contribution in [2.45, 2.75) is 217 Å². The van der Waals surface area contributed by atoms with E-state index in [-0.39, 0.29) is 12.8 Å².